The summed E-state index contributed by atoms with van der Waals surface area (Å²) in [6.07, 6.45) is -10.7. The molecule has 22 heavy (non-hydrogen) atoms. The molecule has 1 aromatic heterocycles. The number of esters is 1. The van der Waals surface area contributed by atoms with Crippen molar-refractivity contribution in [2.75, 3.05) is 6.61 Å². The molecule has 0 unspecified atom stereocenters. The van der Waals surface area contributed by atoms with Crippen molar-refractivity contribution in [3.63, 3.8) is 0 Å². The number of rotatable bonds is 4. The van der Waals surface area contributed by atoms with Gasteiger partial charge in [0.25, 0.3) is 0 Å². The summed E-state index contributed by atoms with van der Waals surface area (Å²) in [5, 5.41) is -0.189. The van der Waals surface area contributed by atoms with Crippen LogP contribution < -0.4 is 4.74 Å². The van der Waals surface area contributed by atoms with Crippen molar-refractivity contribution in [2.45, 2.75) is 24.8 Å². The average molecular weight is 396 g/mol. The van der Waals surface area contributed by atoms with Crippen LogP contribution in [0.3, 0.4) is 0 Å². The number of aromatic nitrogens is 1. The Morgan fingerprint density at radius 2 is 1.86 bits per heavy atom. The largest absolute Gasteiger partial charge is 0.574 e. The van der Waals surface area contributed by atoms with Crippen molar-refractivity contribution in [2.24, 2.45) is 0 Å². The van der Waals surface area contributed by atoms with Gasteiger partial charge in [-0.25, -0.2) is 9.78 Å². The Morgan fingerprint density at radius 3 is 2.27 bits per heavy atom. The molecule has 0 aliphatic carbocycles. The topological polar surface area (TPSA) is 48.4 Å². The summed E-state index contributed by atoms with van der Waals surface area (Å²) in [6, 6.07) is 0.693. The summed E-state index contributed by atoms with van der Waals surface area (Å²) < 4.78 is 83.6. The number of nitrogens with zero attached hydrogens (tertiary/aromatic N) is 1. The maximum atomic E-state index is 13.0. The summed E-state index contributed by atoms with van der Waals surface area (Å²) in [5.74, 6) is -3.17. The van der Waals surface area contributed by atoms with E-state index in [2.05, 4.69) is 30.4 Å². The van der Waals surface area contributed by atoms with E-state index in [0.29, 0.717) is 6.07 Å². The normalized spacial score (nSPS) is 12.2. The second-order valence-electron chi connectivity index (χ2n) is 3.74. The summed E-state index contributed by atoms with van der Waals surface area (Å²) in [6.45, 7) is 1.09. The molecule has 0 N–H and O–H groups in total. The SMILES string of the molecule is CCOC(=O)c1cc(CBr)nc(OC(F)(F)F)c1C(F)(F)F. The maximum Gasteiger partial charge on any atom is 0.574 e. The first-order chi connectivity index (χ1) is 9.99. The molecule has 0 spiro atoms. The Morgan fingerprint density at radius 1 is 1.27 bits per heavy atom. The fourth-order valence-electron chi connectivity index (χ4n) is 1.47. The Balaban J connectivity index is 3.59. The smallest absolute Gasteiger partial charge is 0.462 e. The van der Waals surface area contributed by atoms with Crippen molar-refractivity contribution in [3.8, 4) is 5.88 Å². The molecular formula is C11H8BrF6NO3. The molecule has 0 saturated heterocycles. The Labute approximate surface area is 128 Å². The van der Waals surface area contributed by atoms with Gasteiger partial charge >= 0.3 is 18.5 Å². The predicted octanol–water partition coefficient (Wildman–Crippen LogP) is 4.07. The monoisotopic (exact) mass is 395 g/mol. The summed E-state index contributed by atoms with van der Waals surface area (Å²) >= 11 is 2.84. The van der Waals surface area contributed by atoms with Crippen LogP contribution in [0.4, 0.5) is 26.3 Å². The lowest BCUT2D eigenvalue weighted by Gasteiger charge is -2.18. The highest BCUT2D eigenvalue weighted by atomic mass is 79.9. The van der Waals surface area contributed by atoms with E-state index in [1.807, 2.05) is 0 Å². The third-order valence-electron chi connectivity index (χ3n) is 2.17. The lowest BCUT2D eigenvalue weighted by molar-refractivity contribution is -0.278. The average Bonchev–Trinajstić information content (AvgIpc) is 2.34. The van der Waals surface area contributed by atoms with E-state index in [-0.39, 0.29) is 17.6 Å². The molecule has 1 rings (SSSR count). The third kappa shape index (κ3) is 4.75. The summed E-state index contributed by atoms with van der Waals surface area (Å²) in [4.78, 5) is 14.7. The molecular weight excluding hydrogens is 388 g/mol. The van der Waals surface area contributed by atoms with Crippen LogP contribution >= 0.6 is 15.9 Å². The Hall–Kier alpha value is -1.52. The van der Waals surface area contributed by atoms with Crippen LogP contribution in [0.15, 0.2) is 6.07 Å². The molecule has 0 fully saturated rings. The maximum absolute atomic E-state index is 13.0. The number of alkyl halides is 7. The van der Waals surface area contributed by atoms with Gasteiger partial charge in [-0.15, -0.1) is 13.2 Å². The van der Waals surface area contributed by atoms with E-state index in [9.17, 15) is 31.1 Å². The highest BCUT2D eigenvalue weighted by Gasteiger charge is 2.44. The van der Waals surface area contributed by atoms with Gasteiger partial charge in [0.05, 0.1) is 17.9 Å². The first kappa shape index (κ1) is 18.5. The zero-order valence-electron chi connectivity index (χ0n) is 10.8. The number of ether oxygens (including phenoxy) is 2. The van der Waals surface area contributed by atoms with Gasteiger partial charge in [0, 0.05) is 5.33 Å². The lowest BCUT2D eigenvalue weighted by atomic mass is 10.1. The Kier molecular flexibility index (Phi) is 5.65. The van der Waals surface area contributed by atoms with E-state index >= 15 is 0 Å². The van der Waals surface area contributed by atoms with Crippen LogP contribution in [0.25, 0.3) is 0 Å². The van der Waals surface area contributed by atoms with Crippen molar-refractivity contribution in [1.82, 2.24) is 4.98 Å². The van der Waals surface area contributed by atoms with Crippen molar-refractivity contribution in [1.29, 1.82) is 0 Å². The van der Waals surface area contributed by atoms with Gasteiger partial charge in [0.2, 0.25) is 5.88 Å². The second kappa shape index (κ2) is 6.71. The Bertz CT molecular complexity index is 558. The molecule has 0 aliphatic heterocycles. The minimum absolute atomic E-state index is 0.189. The molecule has 1 aromatic rings. The van der Waals surface area contributed by atoms with Crippen LogP contribution in [0.1, 0.15) is 28.5 Å². The molecule has 0 bridgehead atoms. The standard InChI is InChI=1S/C11H8BrF6NO3/c1-2-21-9(20)6-3-5(4-12)19-8(22-11(16,17)18)7(6)10(13,14)15/h3H,2,4H2,1H3. The number of pyridine rings is 1. The van der Waals surface area contributed by atoms with Gasteiger partial charge in [-0.3, -0.25) is 0 Å². The highest BCUT2D eigenvalue weighted by molar-refractivity contribution is 9.08. The van der Waals surface area contributed by atoms with Gasteiger partial charge in [-0.2, -0.15) is 13.2 Å². The minimum atomic E-state index is -5.40. The van der Waals surface area contributed by atoms with Gasteiger partial charge in [0.15, 0.2) is 0 Å². The van der Waals surface area contributed by atoms with Gasteiger partial charge in [-0.05, 0) is 13.0 Å². The molecule has 0 atom stereocenters. The fraction of sp³-hybridized carbons (Fsp3) is 0.455. The quantitative estimate of drug-likeness (QED) is 0.438. The zero-order chi connectivity index (χ0) is 17.1. The molecule has 4 nitrogen and oxygen atoms in total. The van der Waals surface area contributed by atoms with Crippen molar-refractivity contribution >= 4 is 21.9 Å². The number of hydrogen-bond donors (Lipinski definition) is 0. The van der Waals surface area contributed by atoms with E-state index in [1.165, 1.54) is 6.92 Å². The van der Waals surface area contributed by atoms with Crippen LogP contribution in [0, 0.1) is 0 Å². The van der Waals surface area contributed by atoms with Crippen LogP contribution in [-0.4, -0.2) is 23.9 Å². The molecule has 0 radical (unpaired) electrons. The van der Waals surface area contributed by atoms with Gasteiger partial charge in [-0.1, -0.05) is 15.9 Å². The van der Waals surface area contributed by atoms with Crippen LogP contribution in [-0.2, 0) is 16.2 Å². The van der Waals surface area contributed by atoms with E-state index in [4.69, 9.17) is 0 Å². The molecule has 0 amide bonds. The fourth-order valence-corrected chi connectivity index (χ4v) is 1.76. The number of hydrogen-bond acceptors (Lipinski definition) is 4. The van der Waals surface area contributed by atoms with Gasteiger partial charge < -0.3 is 9.47 Å². The minimum Gasteiger partial charge on any atom is -0.462 e. The van der Waals surface area contributed by atoms with Crippen molar-refractivity contribution in [3.05, 3.63) is 22.9 Å². The molecule has 0 aromatic carbocycles. The van der Waals surface area contributed by atoms with E-state index < -0.39 is 35.5 Å². The predicted molar refractivity (Wildman–Crippen MR) is 64.5 cm³/mol. The molecule has 0 saturated carbocycles. The second-order valence-corrected chi connectivity index (χ2v) is 4.30. The third-order valence-corrected chi connectivity index (χ3v) is 2.74. The number of halogens is 7. The van der Waals surface area contributed by atoms with Crippen LogP contribution in [0.5, 0.6) is 5.88 Å². The molecule has 11 heteroatoms. The lowest BCUT2D eigenvalue weighted by Crippen LogP contribution is -2.24. The first-order valence-corrected chi connectivity index (χ1v) is 6.71. The zero-order valence-corrected chi connectivity index (χ0v) is 12.4. The molecule has 124 valence electrons. The van der Waals surface area contributed by atoms with Gasteiger partial charge in [0.1, 0.15) is 5.56 Å². The molecule has 1 heterocycles. The van der Waals surface area contributed by atoms with E-state index in [0.717, 1.165) is 0 Å². The molecule has 0 aliphatic rings. The van der Waals surface area contributed by atoms with Crippen molar-refractivity contribution < 1.29 is 40.6 Å². The number of carbonyl (C=O) groups excluding carboxylic acids is 1. The van der Waals surface area contributed by atoms with Crippen LogP contribution in [0.2, 0.25) is 0 Å². The first-order valence-electron chi connectivity index (χ1n) is 5.59. The van der Waals surface area contributed by atoms with E-state index in [1.54, 1.807) is 0 Å². The summed E-state index contributed by atoms with van der Waals surface area (Å²) in [5.41, 5.74) is -3.29. The highest BCUT2D eigenvalue weighted by Crippen LogP contribution is 2.40. The summed E-state index contributed by atoms with van der Waals surface area (Å²) in [7, 11) is 0. The number of carbonyl (C=O) groups is 1.